The fourth-order valence-corrected chi connectivity index (χ4v) is 3.46. The molecule has 1 fully saturated rings. The quantitative estimate of drug-likeness (QED) is 0.844. The molecule has 4 nitrogen and oxygen atoms in total. The zero-order chi connectivity index (χ0) is 16.1. The summed E-state index contributed by atoms with van der Waals surface area (Å²) in [5.41, 5.74) is 0.586. The standard InChI is InChI=1S/C16H17F2N3O/c1-16(2,14(17)18)15(22)21-8-9-3-11-10(5-19)6-20-7-12(11)13(21)4-9/h6-7,9,13-14H,3-4,8H2,1-2H3. The van der Waals surface area contributed by atoms with Crippen molar-refractivity contribution in [3.63, 3.8) is 0 Å². The lowest BCUT2D eigenvalue weighted by Gasteiger charge is -2.33. The summed E-state index contributed by atoms with van der Waals surface area (Å²) in [5, 5.41) is 9.19. The third kappa shape index (κ3) is 2.07. The van der Waals surface area contributed by atoms with Gasteiger partial charge in [-0.3, -0.25) is 9.78 Å². The molecule has 1 amide bonds. The van der Waals surface area contributed by atoms with Crippen LogP contribution in [0.1, 0.15) is 43.0 Å². The van der Waals surface area contributed by atoms with Gasteiger partial charge in [0.05, 0.1) is 11.6 Å². The molecule has 6 heteroatoms. The van der Waals surface area contributed by atoms with Crippen LogP contribution < -0.4 is 0 Å². The van der Waals surface area contributed by atoms with E-state index in [9.17, 15) is 18.8 Å². The van der Waals surface area contributed by atoms with Gasteiger partial charge in [-0.15, -0.1) is 0 Å². The molecule has 0 N–H and O–H groups in total. The van der Waals surface area contributed by atoms with Crippen LogP contribution in [0.25, 0.3) is 0 Å². The highest BCUT2D eigenvalue weighted by Crippen LogP contribution is 2.46. The molecule has 1 aliphatic carbocycles. The Kier molecular flexibility index (Phi) is 3.39. The van der Waals surface area contributed by atoms with Crippen molar-refractivity contribution in [3.8, 4) is 6.07 Å². The van der Waals surface area contributed by atoms with E-state index in [-0.39, 0.29) is 12.0 Å². The first-order valence-electron chi connectivity index (χ1n) is 7.32. The Bertz CT molecular complexity index is 666. The molecule has 2 aliphatic rings. The molecule has 0 spiro atoms. The summed E-state index contributed by atoms with van der Waals surface area (Å²) in [6.07, 6.45) is 1.95. The maximum absolute atomic E-state index is 13.2. The van der Waals surface area contributed by atoms with Crippen LogP contribution in [0.2, 0.25) is 0 Å². The van der Waals surface area contributed by atoms with Crippen LogP contribution in [0, 0.1) is 22.7 Å². The minimum atomic E-state index is -2.71. The summed E-state index contributed by atoms with van der Waals surface area (Å²) in [4.78, 5) is 18.2. The summed E-state index contributed by atoms with van der Waals surface area (Å²) < 4.78 is 26.3. The minimum Gasteiger partial charge on any atom is -0.335 e. The summed E-state index contributed by atoms with van der Waals surface area (Å²) in [5.74, 6) is -0.297. The smallest absolute Gasteiger partial charge is 0.252 e. The van der Waals surface area contributed by atoms with Crippen molar-refractivity contribution in [3.05, 3.63) is 29.1 Å². The van der Waals surface area contributed by atoms with Crippen LogP contribution in [0.4, 0.5) is 8.78 Å². The highest BCUT2D eigenvalue weighted by Gasteiger charge is 2.48. The highest BCUT2D eigenvalue weighted by atomic mass is 19.3. The number of pyridine rings is 1. The van der Waals surface area contributed by atoms with Gasteiger partial charge in [0.2, 0.25) is 5.91 Å². The Balaban J connectivity index is 1.99. The van der Waals surface area contributed by atoms with Gasteiger partial charge in [-0.2, -0.15) is 5.26 Å². The number of hydrogen-bond donors (Lipinski definition) is 0. The number of alkyl halides is 2. The summed E-state index contributed by atoms with van der Waals surface area (Å²) >= 11 is 0. The van der Waals surface area contributed by atoms with E-state index in [1.54, 1.807) is 11.1 Å². The SMILES string of the molecule is CC(C)(C(=O)N1CC2Cc3c(C#N)cncc3C1C2)C(F)F. The van der Waals surface area contributed by atoms with Crippen LogP contribution in [0.15, 0.2) is 12.4 Å². The number of fused-ring (bicyclic) bond motifs is 4. The monoisotopic (exact) mass is 305 g/mol. The van der Waals surface area contributed by atoms with E-state index in [4.69, 9.17) is 0 Å². The summed E-state index contributed by atoms with van der Waals surface area (Å²) in [6.45, 7) is 3.04. The number of hydrogen-bond acceptors (Lipinski definition) is 3. The van der Waals surface area contributed by atoms with Gasteiger partial charge in [-0.25, -0.2) is 8.78 Å². The molecular weight excluding hydrogens is 288 g/mol. The molecule has 1 aromatic rings. The fraction of sp³-hybridized carbons (Fsp3) is 0.562. The number of halogens is 2. The lowest BCUT2D eigenvalue weighted by Crippen LogP contribution is -2.44. The van der Waals surface area contributed by atoms with E-state index >= 15 is 0 Å². The molecule has 2 atom stereocenters. The molecule has 1 aliphatic heterocycles. The summed E-state index contributed by atoms with van der Waals surface area (Å²) in [6, 6.07) is 1.89. The van der Waals surface area contributed by atoms with E-state index < -0.39 is 17.7 Å². The predicted molar refractivity (Wildman–Crippen MR) is 75.0 cm³/mol. The second kappa shape index (κ2) is 5.01. The Morgan fingerprint density at radius 2 is 2.23 bits per heavy atom. The first-order chi connectivity index (χ1) is 10.4. The molecule has 116 valence electrons. The molecule has 3 rings (SSSR count). The second-order valence-electron chi connectivity index (χ2n) is 6.67. The maximum Gasteiger partial charge on any atom is 0.252 e. The van der Waals surface area contributed by atoms with Gasteiger partial charge in [0.25, 0.3) is 6.43 Å². The topological polar surface area (TPSA) is 57.0 Å². The van der Waals surface area contributed by atoms with Crippen LogP contribution in [-0.4, -0.2) is 28.8 Å². The second-order valence-corrected chi connectivity index (χ2v) is 6.67. The third-order valence-electron chi connectivity index (χ3n) is 4.81. The van der Waals surface area contributed by atoms with E-state index in [1.165, 1.54) is 20.0 Å². The van der Waals surface area contributed by atoms with Crippen molar-refractivity contribution in [1.29, 1.82) is 5.26 Å². The Labute approximate surface area is 127 Å². The third-order valence-corrected chi connectivity index (χ3v) is 4.81. The first-order valence-corrected chi connectivity index (χ1v) is 7.32. The molecule has 2 bridgehead atoms. The molecule has 1 saturated heterocycles. The van der Waals surface area contributed by atoms with Crippen molar-refractivity contribution in [1.82, 2.24) is 9.88 Å². The number of nitriles is 1. The van der Waals surface area contributed by atoms with Gasteiger partial charge in [0.15, 0.2) is 0 Å². The number of aromatic nitrogens is 1. The molecule has 2 unspecified atom stereocenters. The lowest BCUT2D eigenvalue weighted by atomic mass is 9.83. The Morgan fingerprint density at radius 1 is 1.50 bits per heavy atom. The number of carbonyl (C=O) groups excluding carboxylic acids is 1. The predicted octanol–water partition coefficient (Wildman–Crippen LogP) is 2.69. The van der Waals surface area contributed by atoms with Gasteiger partial charge in [0.1, 0.15) is 11.5 Å². The average molecular weight is 305 g/mol. The molecule has 0 saturated carbocycles. The van der Waals surface area contributed by atoms with Crippen LogP contribution in [0.5, 0.6) is 0 Å². The Hall–Kier alpha value is -2.03. The average Bonchev–Trinajstić information content (AvgIpc) is 2.83. The fourth-order valence-electron chi connectivity index (χ4n) is 3.46. The molecule has 22 heavy (non-hydrogen) atoms. The molecule has 0 radical (unpaired) electrons. The van der Waals surface area contributed by atoms with Crippen molar-refractivity contribution >= 4 is 5.91 Å². The first kappa shape index (κ1) is 14.9. The van der Waals surface area contributed by atoms with Crippen molar-refractivity contribution in [2.24, 2.45) is 11.3 Å². The number of nitrogens with zero attached hydrogens (tertiary/aromatic N) is 3. The van der Waals surface area contributed by atoms with Gasteiger partial charge in [0, 0.05) is 18.9 Å². The summed E-state index contributed by atoms with van der Waals surface area (Å²) in [7, 11) is 0. The molecule has 2 heterocycles. The number of rotatable bonds is 2. The zero-order valence-electron chi connectivity index (χ0n) is 12.5. The van der Waals surface area contributed by atoms with E-state index in [2.05, 4.69) is 11.1 Å². The van der Waals surface area contributed by atoms with Crippen molar-refractivity contribution in [2.45, 2.75) is 39.2 Å². The maximum atomic E-state index is 13.2. The van der Waals surface area contributed by atoms with Gasteiger partial charge < -0.3 is 4.90 Å². The minimum absolute atomic E-state index is 0.226. The van der Waals surface area contributed by atoms with E-state index in [1.807, 2.05) is 0 Å². The van der Waals surface area contributed by atoms with Gasteiger partial charge >= 0.3 is 0 Å². The lowest BCUT2D eigenvalue weighted by molar-refractivity contribution is -0.149. The van der Waals surface area contributed by atoms with Crippen LogP contribution >= 0.6 is 0 Å². The van der Waals surface area contributed by atoms with E-state index in [0.29, 0.717) is 18.5 Å². The number of likely N-dealkylation sites (tertiary alicyclic amines) is 1. The van der Waals surface area contributed by atoms with Crippen molar-refractivity contribution in [2.75, 3.05) is 6.54 Å². The van der Waals surface area contributed by atoms with Crippen LogP contribution in [-0.2, 0) is 11.2 Å². The zero-order valence-corrected chi connectivity index (χ0v) is 12.5. The number of amides is 1. The number of carbonyl (C=O) groups is 1. The molecule has 1 aromatic heterocycles. The normalized spacial score (nSPS) is 23.4. The van der Waals surface area contributed by atoms with Crippen LogP contribution in [0.3, 0.4) is 0 Å². The molecule has 0 aromatic carbocycles. The highest BCUT2D eigenvalue weighted by molar-refractivity contribution is 5.83. The van der Waals surface area contributed by atoms with E-state index in [0.717, 1.165) is 17.5 Å². The molecular formula is C16H17F2N3O. The van der Waals surface area contributed by atoms with Gasteiger partial charge in [-0.1, -0.05) is 0 Å². The van der Waals surface area contributed by atoms with Crippen molar-refractivity contribution < 1.29 is 13.6 Å². The van der Waals surface area contributed by atoms with Gasteiger partial charge in [-0.05, 0) is 43.7 Å². The largest absolute Gasteiger partial charge is 0.335 e. The Morgan fingerprint density at radius 3 is 2.86 bits per heavy atom.